The molecule has 0 aliphatic carbocycles. The summed E-state index contributed by atoms with van der Waals surface area (Å²) in [5.74, 6) is -0.0923. The van der Waals surface area contributed by atoms with Crippen molar-refractivity contribution in [1.29, 1.82) is 0 Å². The number of nitro groups is 1. The van der Waals surface area contributed by atoms with Crippen LogP contribution in [0.4, 0.5) is 0 Å². The zero-order valence-corrected chi connectivity index (χ0v) is 8.23. The standard InChI is InChI=1S/C9H11NO4/c1-6(11)8-4-7(5-14-8)9(2,3)10(12)13/h4-5H,1-3H3. The monoisotopic (exact) mass is 197 g/mol. The van der Waals surface area contributed by atoms with Crippen molar-refractivity contribution >= 4 is 5.78 Å². The Bertz CT molecular complexity index is 378. The summed E-state index contributed by atoms with van der Waals surface area (Å²) in [4.78, 5) is 21.2. The molecule has 0 saturated heterocycles. The lowest BCUT2D eigenvalue weighted by Crippen LogP contribution is -2.27. The van der Waals surface area contributed by atoms with Crippen molar-refractivity contribution in [2.75, 3.05) is 0 Å². The fourth-order valence-electron chi connectivity index (χ4n) is 0.947. The third-order valence-corrected chi connectivity index (χ3v) is 2.11. The van der Waals surface area contributed by atoms with Gasteiger partial charge in [-0.05, 0) is 6.07 Å². The van der Waals surface area contributed by atoms with Crippen molar-refractivity contribution in [3.63, 3.8) is 0 Å². The van der Waals surface area contributed by atoms with Gasteiger partial charge in [0.25, 0.3) is 0 Å². The van der Waals surface area contributed by atoms with Crippen molar-refractivity contribution in [2.45, 2.75) is 26.3 Å². The minimum atomic E-state index is -1.23. The molecule has 76 valence electrons. The summed E-state index contributed by atoms with van der Waals surface area (Å²) in [5, 5.41) is 10.7. The molecule has 0 amide bonds. The topological polar surface area (TPSA) is 73.3 Å². The molecule has 0 saturated carbocycles. The molecule has 0 aromatic carbocycles. The lowest BCUT2D eigenvalue weighted by Gasteiger charge is -2.12. The summed E-state index contributed by atoms with van der Waals surface area (Å²) in [6.07, 6.45) is 1.25. The van der Waals surface area contributed by atoms with Gasteiger partial charge in [-0.25, -0.2) is 0 Å². The molecule has 0 radical (unpaired) electrons. The van der Waals surface area contributed by atoms with Gasteiger partial charge < -0.3 is 4.42 Å². The van der Waals surface area contributed by atoms with Crippen LogP contribution in [0.2, 0.25) is 0 Å². The second-order valence-corrected chi connectivity index (χ2v) is 3.57. The van der Waals surface area contributed by atoms with E-state index >= 15 is 0 Å². The molecule has 0 aliphatic heterocycles. The number of hydrogen-bond acceptors (Lipinski definition) is 4. The van der Waals surface area contributed by atoms with E-state index in [4.69, 9.17) is 4.42 Å². The van der Waals surface area contributed by atoms with Crippen LogP contribution in [0, 0.1) is 10.1 Å². The van der Waals surface area contributed by atoms with Gasteiger partial charge in [-0.2, -0.15) is 0 Å². The van der Waals surface area contributed by atoms with Crippen LogP contribution < -0.4 is 0 Å². The molecule has 0 N–H and O–H groups in total. The molecular formula is C9H11NO4. The molecule has 0 bridgehead atoms. The molecule has 1 aromatic heterocycles. The van der Waals surface area contributed by atoms with Crippen LogP contribution in [-0.4, -0.2) is 10.7 Å². The first-order valence-electron chi connectivity index (χ1n) is 4.10. The summed E-state index contributed by atoms with van der Waals surface area (Å²) in [5.41, 5.74) is -0.829. The van der Waals surface area contributed by atoms with E-state index in [9.17, 15) is 14.9 Å². The average molecular weight is 197 g/mol. The van der Waals surface area contributed by atoms with E-state index in [1.54, 1.807) is 0 Å². The molecule has 1 heterocycles. The van der Waals surface area contributed by atoms with Crippen LogP contribution in [0.15, 0.2) is 16.7 Å². The Balaban J connectivity index is 3.09. The maximum atomic E-state index is 10.9. The number of hydrogen-bond donors (Lipinski definition) is 0. The lowest BCUT2D eigenvalue weighted by molar-refractivity contribution is -0.569. The normalized spacial score (nSPS) is 11.4. The highest BCUT2D eigenvalue weighted by Crippen LogP contribution is 2.25. The minimum absolute atomic E-state index is 0.148. The van der Waals surface area contributed by atoms with E-state index < -0.39 is 10.5 Å². The molecule has 1 rings (SSSR count). The van der Waals surface area contributed by atoms with Crippen molar-refractivity contribution in [3.05, 3.63) is 33.8 Å². The Morgan fingerprint density at radius 3 is 2.50 bits per heavy atom. The van der Waals surface area contributed by atoms with Gasteiger partial charge in [0, 0.05) is 25.7 Å². The third kappa shape index (κ3) is 1.66. The molecular weight excluding hydrogens is 186 g/mol. The number of Topliss-reactive ketones (excluding diaryl/α,β-unsaturated/α-hetero) is 1. The largest absolute Gasteiger partial charge is 0.461 e. The maximum absolute atomic E-state index is 10.9. The van der Waals surface area contributed by atoms with Gasteiger partial charge in [-0.3, -0.25) is 14.9 Å². The van der Waals surface area contributed by atoms with E-state index in [-0.39, 0.29) is 11.5 Å². The highest BCUT2D eigenvalue weighted by molar-refractivity contribution is 5.91. The summed E-state index contributed by atoms with van der Waals surface area (Å²) >= 11 is 0. The molecule has 0 spiro atoms. The first-order valence-corrected chi connectivity index (χ1v) is 4.10. The number of ketones is 1. The van der Waals surface area contributed by atoms with Gasteiger partial charge in [-0.15, -0.1) is 0 Å². The molecule has 1 aromatic rings. The van der Waals surface area contributed by atoms with Gasteiger partial charge in [0.2, 0.25) is 5.54 Å². The zero-order chi connectivity index (χ0) is 10.9. The second-order valence-electron chi connectivity index (χ2n) is 3.57. The number of carbonyl (C=O) groups excluding carboxylic acids is 1. The smallest absolute Gasteiger partial charge is 0.244 e. The van der Waals surface area contributed by atoms with Crippen molar-refractivity contribution in [2.24, 2.45) is 0 Å². The first kappa shape index (κ1) is 10.4. The first-order chi connectivity index (χ1) is 6.35. The molecule has 0 aliphatic rings. The van der Waals surface area contributed by atoms with Gasteiger partial charge in [0.05, 0.1) is 5.56 Å². The highest BCUT2D eigenvalue weighted by Gasteiger charge is 2.35. The summed E-state index contributed by atoms with van der Waals surface area (Å²) in [7, 11) is 0. The van der Waals surface area contributed by atoms with Crippen LogP contribution in [0.1, 0.15) is 36.9 Å². The number of furan rings is 1. The second kappa shape index (κ2) is 3.25. The number of carbonyl (C=O) groups is 1. The average Bonchev–Trinajstić information content (AvgIpc) is 2.51. The van der Waals surface area contributed by atoms with E-state index in [0.29, 0.717) is 5.56 Å². The predicted octanol–water partition coefficient (Wildman–Crippen LogP) is 1.99. The fraction of sp³-hybridized carbons (Fsp3) is 0.444. The van der Waals surface area contributed by atoms with E-state index in [0.717, 1.165) is 0 Å². The predicted molar refractivity (Wildman–Crippen MR) is 48.7 cm³/mol. The van der Waals surface area contributed by atoms with Crippen molar-refractivity contribution in [1.82, 2.24) is 0 Å². The number of rotatable bonds is 3. The quantitative estimate of drug-likeness (QED) is 0.422. The molecule has 0 unspecified atom stereocenters. The van der Waals surface area contributed by atoms with Crippen LogP contribution >= 0.6 is 0 Å². The summed E-state index contributed by atoms with van der Waals surface area (Å²) in [6.45, 7) is 4.27. The van der Waals surface area contributed by atoms with Gasteiger partial charge >= 0.3 is 0 Å². The van der Waals surface area contributed by atoms with E-state index in [1.807, 2.05) is 0 Å². The minimum Gasteiger partial charge on any atom is -0.461 e. The third-order valence-electron chi connectivity index (χ3n) is 2.11. The summed E-state index contributed by atoms with van der Waals surface area (Å²) < 4.78 is 4.91. The van der Waals surface area contributed by atoms with Crippen LogP contribution in [0.5, 0.6) is 0 Å². The Morgan fingerprint density at radius 2 is 2.14 bits per heavy atom. The van der Waals surface area contributed by atoms with Gasteiger partial charge in [0.1, 0.15) is 6.26 Å². The molecule has 14 heavy (non-hydrogen) atoms. The molecule has 0 fully saturated rings. The van der Waals surface area contributed by atoms with Gasteiger partial charge in [0.15, 0.2) is 11.5 Å². The molecule has 5 nitrogen and oxygen atoms in total. The molecule has 5 heteroatoms. The Kier molecular flexibility index (Phi) is 2.42. The highest BCUT2D eigenvalue weighted by atomic mass is 16.6. The van der Waals surface area contributed by atoms with E-state index in [1.165, 1.54) is 33.1 Å². The fourth-order valence-corrected chi connectivity index (χ4v) is 0.947. The van der Waals surface area contributed by atoms with Crippen LogP contribution in [-0.2, 0) is 5.54 Å². The zero-order valence-electron chi connectivity index (χ0n) is 8.23. The van der Waals surface area contributed by atoms with Gasteiger partial charge in [-0.1, -0.05) is 0 Å². The maximum Gasteiger partial charge on any atom is 0.244 e. The Labute approximate surface area is 80.9 Å². The summed E-state index contributed by atoms with van der Waals surface area (Å²) in [6, 6.07) is 1.41. The number of nitrogens with zero attached hydrogens (tertiary/aromatic N) is 1. The van der Waals surface area contributed by atoms with Crippen molar-refractivity contribution in [3.8, 4) is 0 Å². The van der Waals surface area contributed by atoms with E-state index in [2.05, 4.69) is 0 Å². The Morgan fingerprint density at radius 1 is 1.57 bits per heavy atom. The van der Waals surface area contributed by atoms with Crippen molar-refractivity contribution < 1.29 is 14.1 Å². The van der Waals surface area contributed by atoms with Crippen LogP contribution in [0.25, 0.3) is 0 Å². The Hall–Kier alpha value is -1.65. The lowest BCUT2D eigenvalue weighted by atomic mass is 9.98. The van der Waals surface area contributed by atoms with Crippen LogP contribution in [0.3, 0.4) is 0 Å². The SMILES string of the molecule is CC(=O)c1cc(C(C)(C)[N+](=O)[O-])co1. The molecule has 0 atom stereocenters.